The molecule has 0 aromatic heterocycles. The van der Waals surface area contributed by atoms with Gasteiger partial charge in [-0.1, -0.05) is 31.2 Å². The van der Waals surface area contributed by atoms with Gasteiger partial charge in [0.2, 0.25) is 0 Å². The molecular weight excluding hydrogens is 260 g/mol. The SMILES string of the molecule is CCNC(C)c1ccc(N(CC)c2ccccc2)cc1O. The van der Waals surface area contributed by atoms with Crippen LogP contribution in [0.3, 0.4) is 0 Å². The van der Waals surface area contributed by atoms with Gasteiger partial charge in [0.15, 0.2) is 0 Å². The first-order valence-electron chi connectivity index (χ1n) is 7.56. The van der Waals surface area contributed by atoms with Crippen LogP contribution in [-0.2, 0) is 0 Å². The zero-order valence-electron chi connectivity index (χ0n) is 13.0. The lowest BCUT2D eigenvalue weighted by atomic mass is 10.1. The molecule has 0 fully saturated rings. The van der Waals surface area contributed by atoms with Crippen molar-refractivity contribution >= 4 is 11.4 Å². The van der Waals surface area contributed by atoms with E-state index in [2.05, 4.69) is 49.2 Å². The lowest BCUT2D eigenvalue weighted by molar-refractivity contribution is 0.455. The second-order valence-electron chi connectivity index (χ2n) is 5.10. The molecule has 1 unspecified atom stereocenters. The van der Waals surface area contributed by atoms with Gasteiger partial charge in [-0.2, -0.15) is 0 Å². The topological polar surface area (TPSA) is 35.5 Å². The van der Waals surface area contributed by atoms with Crippen molar-refractivity contribution in [3.05, 3.63) is 54.1 Å². The van der Waals surface area contributed by atoms with Crippen molar-refractivity contribution in [2.45, 2.75) is 26.8 Å². The fourth-order valence-electron chi connectivity index (χ4n) is 2.60. The molecule has 2 aromatic carbocycles. The Labute approximate surface area is 127 Å². The number of aromatic hydroxyl groups is 1. The fraction of sp³-hybridized carbons (Fsp3) is 0.333. The lowest BCUT2D eigenvalue weighted by Crippen LogP contribution is -2.19. The van der Waals surface area contributed by atoms with Gasteiger partial charge in [0.1, 0.15) is 5.75 Å². The van der Waals surface area contributed by atoms with Gasteiger partial charge in [-0.25, -0.2) is 0 Å². The van der Waals surface area contributed by atoms with Crippen LogP contribution in [0.1, 0.15) is 32.4 Å². The van der Waals surface area contributed by atoms with Crippen LogP contribution in [0.4, 0.5) is 11.4 Å². The van der Waals surface area contributed by atoms with Crippen molar-refractivity contribution in [1.82, 2.24) is 5.32 Å². The standard InChI is InChI=1S/C18H24N2O/c1-4-19-14(3)17-12-11-16(13-18(17)21)20(5-2)15-9-7-6-8-10-15/h6-14,19,21H,4-5H2,1-3H3. The first-order valence-corrected chi connectivity index (χ1v) is 7.56. The molecule has 1 atom stereocenters. The number of nitrogens with zero attached hydrogens (tertiary/aromatic N) is 1. The number of anilines is 2. The molecule has 2 rings (SSSR count). The number of hydrogen-bond acceptors (Lipinski definition) is 3. The van der Waals surface area contributed by atoms with Crippen LogP contribution in [0.2, 0.25) is 0 Å². The minimum Gasteiger partial charge on any atom is -0.508 e. The van der Waals surface area contributed by atoms with Crippen molar-refractivity contribution in [1.29, 1.82) is 0 Å². The summed E-state index contributed by atoms with van der Waals surface area (Å²) in [5.41, 5.74) is 3.07. The number of hydrogen-bond donors (Lipinski definition) is 2. The molecule has 0 spiro atoms. The highest BCUT2D eigenvalue weighted by Gasteiger charge is 2.13. The molecule has 0 saturated heterocycles. The van der Waals surface area contributed by atoms with E-state index in [1.54, 1.807) is 0 Å². The number of nitrogens with one attached hydrogen (secondary N) is 1. The molecule has 0 radical (unpaired) electrons. The summed E-state index contributed by atoms with van der Waals surface area (Å²) in [4.78, 5) is 2.18. The predicted octanol–water partition coefficient (Wildman–Crippen LogP) is 4.22. The van der Waals surface area contributed by atoms with Gasteiger partial charge in [0, 0.05) is 35.6 Å². The van der Waals surface area contributed by atoms with E-state index in [0.29, 0.717) is 5.75 Å². The highest BCUT2D eigenvalue weighted by atomic mass is 16.3. The molecule has 0 heterocycles. The highest BCUT2D eigenvalue weighted by Crippen LogP contribution is 2.32. The lowest BCUT2D eigenvalue weighted by Gasteiger charge is -2.24. The Hall–Kier alpha value is -2.00. The van der Waals surface area contributed by atoms with E-state index in [4.69, 9.17) is 0 Å². The van der Waals surface area contributed by atoms with E-state index in [-0.39, 0.29) is 6.04 Å². The number of rotatable bonds is 6. The summed E-state index contributed by atoms with van der Waals surface area (Å²) in [5.74, 6) is 0.343. The van der Waals surface area contributed by atoms with Crippen LogP contribution in [0.5, 0.6) is 5.75 Å². The highest BCUT2D eigenvalue weighted by molar-refractivity contribution is 5.65. The Kier molecular flexibility index (Phi) is 5.23. The summed E-state index contributed by atoms with van der Waals surface area (Å²) in [6.45, 7) is 7.97. The average Bonchev–Trinajstić information content (AvgIpc) is 2.49. The van der Waals surface area contributed by atoms with Crippen molar-refractivity contribution < 1.29 is 5.11 Å². The summed E-state index contributed by atoms with van der Waals surface area (Å²) in [7, 11) is 0. The van der Waals surface area contributed by atoms with Crippen LogP contribution in [0, 0.1) is 0 Å². The molecule has 2 N–H and O–H groups in total. The molecule has 3 nitrogen and oxygen atoms in total. The van der Waals surface area contributed by atoms with E-state index in [1.165, 1.54) is 0 Å². The van der Waals surface area contributed by atoms with Gasteiger partial charge in [0.25, 0.3) is 0 Å². The summed E-state index contributed by atoms with van der Waals surface area (Å²) in [6.07, 6.45) is 0. The number of para-hydroxylation sites is 1. The van der Waals surface area contributed by atoms with Crippen LogP contribution in [0.25, 0.3) is 0 Å². The zero-order chi connectivity index (χ0) is 15.2. The third kappa shape index (κ3) is 3.56. The minimum absolute atomic E-state index is 0.149. The van der Waals surface area contributed by atoms with E-state index in [0.717, 1.165) is 30.0 Å². The predicted molar refractivity (Wildman–Crippen MR) is 89.3 cm³/mol. The Balaban J connectivity index is 2.30. The Morgan fingerprint density at radius 2 is 1.76 bits per heavy atom. The molecule has 0 bridgehead atoms. The fourth-order valence-corrected chi connectivity index (χ4v) is 2.60. The second kappa shape index (κ2) is 7.14. The van der Waals surface area contributed by atoms with Gasteiger partial charge >= 0.3 is 0 Å². The van der Waals surface area contributed by atoms with Gasteiger partial charge in [-0.05, 0) is 38.6 Å². The van der Waals surface area contributed by atoms with Crippen molar-refractivity contribution in [3.8, 4) is 5.75 Å². The van der Waals surface area contributed by atoms with E-state index >= 15 is 0 Å². The monoisotopic (exact) mass is 284 g/mol. The number of phenols is 1. The molecule has 3 heteroatoms. The van der Waals surface area contributed by atoms with E-state index < -0.39 is 0 Å². The van der Waals surface area contributed by atoms with Crippen LogP contribution in [0.15, 0.2) is 48.5 Å². The molecular formula is C18H24N2O. The summed E-state index contributed by atoms with van der Waals surface area (Å²) in [6, 6.07) is 16.3. The van der Waals surface area contributed by atoms with Crippen molar-refractivity contribution in [3.63, 3.8) is 0 Å². The first-order chi connectivity index (χ1) is 10.2. The van der Waals surface area contributed by atoms with Gasteiger partial charge in [-0.3, -0.25) is 0 Å². The largest absolute Gasteiger partial charge is 0.508 e. The Morgan fingerprint density at radius 3 is 2.33 bits per heavy atom. The normalized spacial score (nSPS) is 12.1. The average molecular weight is 284 g/mol. The van der Waals surface area contributed by atoms with Gasteiger partial charge < -0.3 is 15.3 Å². The molecule has 0 aliphatic heterocycles. The third-order valence-electron chi connectivity index (χ3n) is 3.69. The van der Waals surface area contributed by atoms with Gasteiger partial charge in [-0.15, -0.1) is 0 Å². The van der Waals surface area contributed by atoms with Crippen LogP contribution in [-0.4, -0.2) is 18.2 Å². The molecule has 21 heavy (non-hydrogen) atoms. The second-order valence-corrected chi connectivity index (χ2v) is 5.10. The Morgan fingerprint density at radius 1 is 1.05 bits per heavy atom. The zero-order valence-corrected chi connectivity index (χ0v) is 13.0. The quantitative estimate of drug-likeness (QED) is 0.833. The van der Waals surface area contributed by atoms with Crippen LogP contribution < -0.4 is 10.2 Å². The first kappa shape index (κ1) is 15.4. The Bertz CT molecular complexity index is 569. The molecule has 0 saturated carbocycles. The van der Waals surface area contributed by atoms with Gasteiger partial charge in [0.05, 0.1) is 0 Å². The van der Waals surface area contributed by atoms with Crippen molar-refractivity contribution in [2.75, 3.05) is 18.0 Å². The minimum atomic E-state index is 0.149. The summed E-state index contributed by atoms with van der Waals surface area (Å²) >= 11 is 0. The van der Waals surface area contributed by atoms with E-state index in [1.807, 2.05) is 30.3 Å². The molecule has 112 valence electrons. The molecule has 2 aromatic rings. The maximum atomic E-state index is 10.3. The van der Waals surface area contributed by atoms with E-state index in [9.17, 15) is 5.11 Å². The molecule has 0 aliphatic carbocycles. The van der Waals surface area contributed by atoms with Crippen molar-refractivity contribution in [2.24, 2.45) is 0 Å². The van der Waals surface area contributed by atoms with Crippen LogP contribution >= 0.6 is 0 Å². The summed E-state index contributed by atoms with van der Waals surface area (Å²) in [5, 5.41) is 13.6. The number of phenolic OH excluding ortho intramolecular Hbond substituents is 1. The maximum Gasteiger partial charge on any atom is 0.122 e. The smallest absolute Gasteiger partial charge is 0.122 e. The summed E-state index contributed by atoms with van der Waals surface area (Å²) < 4.78 is 0. The number of benzene rings is 2. The molecule has 0 amide bonds. The molecule has 0 aliphatic rings. The third-order valence-corrected chi connectivity index (χ3v) is 3.69. The maximum absolute atomic E-state index is 10.3.